The van der Waals surface area contributed by atoms with Crippen LogP contribution in [-0.4, -0.2) is 30.2 Å². The van der Waals surface area contributed by atoms with Crippen molar-refractivity contribution in [3.63, 3.8) is 0 Å². The van der Waals surface area contributed by atoms with Crippen molar-refractivity contribution in [2.24, 2.45) is 0 Å². The van der Waals surface area contributed by atoms with Crippen LogP contribution >= 0.6 is 0 Å². The zero-order chi connectivity index (χ0) is 20.8. The molecule has 30 heavy (non-hydrogen) atoms. The molecule has 3 N–H and O–H groups in total. The highest BCUT2D eigenvalue weighted by Crippen LogP contribution is 2.37. The number of hydrogen-bond acceptors (Lipinski definition) is 6. The summed E-state index contributed by atoms with van der Waals surface area (Å²) < 4.78 is 22.2. The van der Waals surface area contributed by atoms with Gasteiger partial charge in [0.25, 0.3) is 0 Å². The highest BCUT2D eigenvalue weighted by atomic mass is 19.1. The number of nitrogens with zero attached hydrogens (tertiary/aromatic N) is 5. The standard InChI is InChI=1S/C21H20FN7O/c1-3-29-20-12(10-25-29)6-17-19(27-28-26-17)15-5-4-14(22)8-16(15)11(2)30-18-7-13(20)9-24-21(18)23/h4-5,7-11H,3,6H2,1-2H3,(H2,23,24)(H,26,27,28)/t11-/m1/s1. The van der Waals surface area contributed by atoms with Gasteiger partial charge in [-0.2, -0.15) is 20.5 Å². The summed E-state index contributed by atoms with van der Waals surface area (Å²) >= 11 is 0. The van der Waals surface area contributed by atoms with Crippen molar-refractivity contribution in [1.29, 1.82) is 0 Å². The second-order valence-electron chi connectivity index (χ2n) is 7.23. The molecule has 8 nitrogen and oxygen atoms in total. The summed E-state index contributed by atoms with van der Waals surface area (Å²) in [5.74, 6) is 0.352. The van der Waals surface area contributed by atoms with Gasteiger partial charge < -0.3 is 10.5 Å². The number of H-pyrrole nitrogens is 1. The van der Waals surface area contributed by atoms with Gasteiger partial charge in [-0.3, -0.25) is 4.68 Å². The zero-order valence-electron chi connectivity index (χ0n) is 16.6. The van der Waals surface area contributed by atoms with Crippen LogP contribution in [0, 0.1) is 5.82 Å². The first-order valence-electron chi connectivity index (χ1n) is 9.71. The number of nitrogens with two attached hydrogens (primary N) is 1. The molecule has 9 heteroatoms. The highest BCUT2D eigenvalue weighted by molar-refractivity contribution is 5.71. The number of fused-ring (bicyclic) bond motifs is 7. The summed E-state index contributed by atoms with van der Waals surface area (Å²) in [6, 6.07) is 6.42. The van der Waals surface area contributed by atoms with Gasteiger partial charge in [-0.15, -0.1) is 0 Å². The van der Waals surface area contributed by atoms with Crippen LogP contribution in [0.3, 0.4) is 0 Å². The lowest BCUT2D eigenvalue weighted by Crippen LogP contribution is -2.10. The Bertz CT molecular complexity index is 1250. The number of nitrogens with one attached hydrogen (secondary N) is 1. The summed E-state index contributed by atoms with van der Waals surface area (Å²) in [5, 5.41) is 16.0. The average Bonchev–Trinajstić information content (AvgIpc) is 3.36. The van der Waals surface area contributed by atoms with E-state index in [1.807, 2.05) is 30.8 Å². The van der Waals surface area contributed by atoms with Gasteiger partial charge in [-0.25, -0.2) is 9.37 Å². The number of aromatic nitrogens is 6. The molecule has 1 aromatic carbocycles. The van der Waals surface area contributed by atoms with E-state index in [9.17, 15) is 4.39 Å². The van der Waals surface area contributed by atoms with Crippen LogP contribution in [0.25, 0.3) is 22.5 Å². The van der Waals surface area contributed by atoms with E-state index in [1.165, 1.54) is 12.1 Å². The molecule has 0 amide bonds. The zero-order valence-corrected chi connectivity index (χ0v) is 16.6. The van der Waals surface area contributed by atoms with Crippen molar-refractivity contribution < 1.29 is 9.13 Å². The molecule has 3 aromatic heterocycles. The largest absolute Gasteiger partial charge is 0.482 e. The van der Waals surface area contributed by atoms with Gasteiger partial charge in [0.05, 0.1) is 17.6 Å². The van der Waals surface area contributed by atoms with Crippen molar-refractivity contribution in [2.45, 2.75) is 32.9 Å². The maximum absolute atomic E-state index is 14.1. The molecule has 0 saturated heterocycles. The Hall–Kier alpha value is -3.75. The molecule has 0 unspecified atom stereocenters. The van der Waals surface area contributed by atoms with E-state index >= 15 is 0 Å². The van der Waals surface area contributed by atoms with Crippen LogP contribution in [-0.2, 0) is 13.0 Å². The summed E-state index contributed by atoms with van der Waals surface area (Å²) in [6.45, 7) is 4.57. The van der Waals surface area contributed by atoms with Crippen molar-refractivity contribution in [1.82, 2.24) is 30.2 Å². The average molecular weight is 405 g/mol. The third-order valence-corrected chi connectivity index (χ3v) is 5.36. The molecule has 1 aliphatic rings. The molecule has 152 valence electrons. The molecule has 0 spiro atoms. The minimum Gasteiger partial charge on any atom is -0.482 e. The predicted molar refractivity (Wildman–Crippen MR) is 109 cm³/mol. The summed E-state index contributed by atoms with van der Waals surface area (Å²) in [4.78, 5) is 4.33. The summed E-state index contributed by atoms with van der Waals surface area (Å²) in [5.41, 5.74) is 11.6. The molecule has 0 fully saturated rings. The number of hydrogen-bond donors (Lipinski definition) is 2. The molecule has 2 bridgehead atoms. The Morgan fingerprint density at radius 3 is 2.97 bits per heavy atom. The van der Waals surface area contributed by atoms with E-state index in [4.69, 9.17) is 10.5 Å². The monoisotopic (exact) mass is 405 g/mol. The fraction of sp³-hybridized carbons (Fsp3) is 0.238. The lowest BCUT2D eigenvalue weighted by Gasteiger charge is -2.20. The molecule has 0 aliphatic carbocycles. The second kappa shape index (κ2) is 6.94. The molecular weight excluding hydrogens is 385 g/mol. The minimum atomic E-state index is -0.491. The fourth-order valence-corrected chi connectivity index (χ4v) is 3.92. The SMILES string of the molecule is CCn1ncc2c1-c1cnc(N)c(c1)O[C@H](C)c1cc(F)ccc1-c1n[nH]nc1C2. The molecule has 0 saturated carbocycles. The van der Waals surface area contributed by atoms with Gasteiger partial charge in [0.1, 0.15) is 17.6 Å². The van der Waals surface area contributed by atoms with Crippen molar-refractivity contribution in [3.8, 4) is 28.3 Å². The normalized spacial score (nSPS) is 15.2. The molecule has 4 aromatic rings. The Kier molecular flexibility index (Phi) is 4.23. The Labute approximate surface area is 171 Å². The van der Waals surface area contributed by atoms with Crippen LogP contribution < -0.4 is 10.5 Å². The molecule has 0 radical (unpaired) electrons. The summed E-state index contributed by atoms with van der Waals surface area (Å²) in [6.07, 6.45) is 3.55. The van der Waals surface area contributed by atoms with E-state index in [-0.39, 0.29) is 11.6 Å². The van der Waals surface area contributed by atoms with Gasteiger partial charge >= 0.3 is 0 Å². The second-order valence-corrected chi connectivity index (χ2v) is 7.23. The number of nitrogen functional groups attached to an aromatic ring is 1. The Morgan fingerprint density at radius 1 is 1.27 bits per heavy atom. The van der Waals surface area contributed by atoms with Crippen LogP contribution in [0.4, 0.5) is 10.2 Å². The minimum absolute atomic E-state index is 0.270. The molecule has 1 atom stereocenters. The van der Waals surface area contributed by atoms with Crippen LogP contribution in [0.2, 0.25) is 0 Å². The number of rotatable bonds is 1. The van der Waals surface area contributed by atoms with Crippen LogP contribution in [0.5, 0.6) is 5.75 Å². The Morgan fingerprint density at radius 2 is 2.13 bits per heavy atom. The van der Waals surface area contributed by atoms with E-state index in [0.29, 0.717) is 30.0 Å². The molecule has 1 aliphatic heterocycles. The summed E-state index contributed by atoms with van der Waals surface area (Å²) in [7, 11) is 0. The van der Waals surface area contributed by atoms with Crippen LogP contribution in [0.15, 0.2) is 36.7 Å². The highest BCUT2D eigenvalue weighted by Gasteiger charge is 2.24. The van der Waals surface area contributed by atoms with E-state index in [1.54, 1.807) is 12.3 Å². The van der Waals surface area contributed by atoms with Gasteiger partial charge in [0.2, 0.25) is 0 Å². The predicted octanol–water partition coefficient (Wildman–Crippen LogP) is 3.52. The first kappa shape index (κ1) is 18.3. The first-order chi connectivity index (χ1) is 14.5. The number of ether oxygens (including phenoxy) is 1. The van der Waals surface area contributed by atoms with Gasteiger partial charge in [0.15, 0.2) is 11.6 Å². The number of anilines is 1. The van der Waals surface area contributed by atoms with Gasteiger partial charge in [-0.1, -0.05) is 0 Å². The molecule has 5 rings (SSSR count). The number of halogens is 1. The molecule has 4 heterocycles. The maximum atomic E-state index is 14.1. The maximum Gasteiger partial charge on any atom is 0.166 e. The Balaban J connectivity index is 1.79. The van der Waals surface area contributed by atoms with E-state index in [0.717, 1.165) is 28.1 Å². The van der Waals surface area contributed by atoms with Gasteiger partial charge in [0, 0.05) is 41.4 Å². The smallest absolute Gasteiger partial charge is 0.166 e. The number of pyridine rings is 1. The van der Waals surface area contributed by atoms with Crippen molar-refractivity contribution in [3.05, 3.63) is 59.3 Å². The van der Waals surface area contributed by atoms with Gasteiger partial charge in [-0.05, 0) is 38.1 Å². The van der Waals surface area contributed by atoms with E-state index < -0.39 is 6.10 Å². The van der Waals surface area contributed by atoms with Crippen molar-refractivity contribution in [2.75, 3.05) is 5.73 Å². The topological polar surface area (TPSA) is 108 Å². The molecular formula is C21H20FN7O. The van der Waals surface area contributed by atoms with Crippen molar-refractivity contribution >= 4 is 5.82 Å². The van der Waals surface area contributed by atoms with E-state index in [2.05, 4.69) is 25.5 Å². The first-order valence-corrected chi connectivity index (χ1v) is 9.71. The fourth-order valence-electron chi connectivity index (χ4n) is 3.92. The number of benzene rings is 1. The lowest BCUT2D eigenvalue weighted by molar-refractivity contribution is 0.227. The quantitative estimate of drug-likeness (QED) is 0.502. The number of aromatic amines is 1. The lowest BCUT2D eigenvalue weighted by atomic mass is 9.96. The third-order valence-electron chi connectivity index (χ3n) is 5.36. The third kappa shape index (κ3) is 2.90. The van der Waals surface area contributed by atoms with Crippen LogP contribution in [0.1, 0.15) is 36.8 Å². The number of aryl methyl sites for hydroxylation is 1.